The fraction of sp³-hybridized carbons (Fsp3) is 0.138. The zero-order valence-corrected chi connectivity index (χ0v) is 22.6. The zero-order chi connectivity index (χ0) is 29.3. The Hall–Kier alpha value is -5.23. The van der Waals surface area contributed by atoms with Gasteiger partial charge in [-0.1, -0.05) is 6.07 Å². The molecular weight excluding hydrogens is 548 g/mol. The van der Waals surface area contributed by atoms with Crippen molar-refractivity contribution in [2.75, 3.05) is 17.3 Å². The van der Waals surface area contributed by atoms with E-state index >= 15 is 0 Å². The van der Waals surface area contributed by atoms with Gasteiger partial charge in [0.05, 0.1) is 35.7 Å². The fourth-order valence-corrected chi connectivity index (χ4v) is 5.08. The Kier molecular flexibility index (Phi) is 7.40. The second-order valence-corrected chi connectivity index (χ2v) is 9.56. The van der Waals surface area contributed by atoms with Gasteiger partial charge in [0.2, 0.25) is 5.91 Å². The van der Waals surface area contributed by atoms with Gasteiger partial charge in [-0.2, -0.15) is 0 Å². The number of carbonyl (C=O) groups excluding carboxylic acids is 1. The molecule has 2 atom stereocenters. The maximum atomic E-state index is 11.9. The number of pyridine rings is 1. The van der Waals surface area contributed by atoms with Gasteiger partial charge in [-0.25, -0.2) is 9.59 Å². The molecule has 11 nitrogen and oxygen atoms in total. The monoisotopic (exact) mass is 572 g/mol. The van der Waals surface area contributed by atoms with Crippen molar-refractivity contribution in [3.63, 3.8) is 0 Å². The Morgan fingerprint density at radius 1 is 1.02 bits per heavy atom. The summed E-state index contributed by atoms with van der Waals surface area (Å²) >= 11 is 5.76. The van der Waals surface area contributed by atoms with Crippen LogP contribution in [-0.2, 0) is 4.79 Å². The molecule has 4 aromatic rings. The molecule has 3 heterocycles. The maximum Gasteiger partial charge on any atom is 0.335 e. The predicted molar refractivity (Wildman–Crippen MR) is 153 cm³/mol. The third-order valence-electron chi connectivity index (χ3n) is 6.50. The lowest BCUT2D eigenvalue weighted by molar-refractivity contribution is -0.114. The van der Waals surface area contributed by atoms with Crippen LogP contribution in [0, 0.1) is 0 Å². The van der Waals surface area contributed by atoms with Crippen LogP contribution >= 0.6 is 12.2 Å². The summed E-state index contributed by atoms with van der Waals surface area (Å²) in [4.78, 5) is 41.5. The average molecular weight is 573 g/mol. The van der Waals surface area contributed by atoms with Crippen LogP contribution in [0.2, 0.25) is 0 Å². The number of nitrogens with one attached hydrogen (secondary N) is 2. The van der Waals surface area contributed by atoms with Crippen LogP contribution in [0.15, 0.2) is 77.3 Å². The third kappa shape index (κ3) is 5.45. The van der Waals surface area contributed by atoms with Gasteiger partial charge in [-0.15, -0.1) is 0 Å². The summed E-state index contributed by atoms with van der Waals surface area (Å²) in [6.45, 7) is 1.40. The summed E-state index contributed by atoms with van der Waals surface area (Å²) in [5.41, 5.74) is 1.70. The first kappa shape index (κ1) is 27.3. The first-order valence-corrected chi connectivity index (χ1v) is 12.7. The fourth-order valence-electron chi connectivity index (χ4n) is 4.74. The highest BCUT2D eigenvalue weighted by molar-refractivity contribution is 7.80. The van der Waals surface area contributed by atoms with Crippen LogP contribution in [-0.4, -0.2) is 45.3 Å². The molecule has 0 radical (unpaired) electrons. The molecule has 1 aliphatic rings. The van der Waals surface area contributed by atoms with Crippen LogP contribution in [0.25, 0.3) is 11.3 Å². The van der Waals surface area contributed by atoms with Crippen molar-refractivity contribution in [1.82, 2.24) is 10.3 Å². The van der Waals surface area contributed by atoms with E-state index in [9.17, 15) is 24.6 Å². The van der Waals surface area contributed by atoms with Crippen molar-refractivity contribution in [1.29, 1.82) is 0 Å². The molecule has 0 bridgehead atoms. The number of anilines is 2. The lowest BCUT2D eigenvalue weighted by Crippen LogP contribution is -2.29. The normalized spacial score (nSPS) is 16.2. The Morgan fingerprint density at radius 3 is 2.37 bits per heavy atom. The maximum absolute atomic E-state index is 11.9. The third-order valence-corrected chi connectivity index (χ3v) is 6.81. The highest BCUT2D eigenvalue weighted by Gasteiger charge is 2.43. The van der Waals surface area contributed by atoms with E-state index in [0.717, 1.165) is 6.07 Å². The molecule has 1 saturated heterocycles. The summed E-state index contributed by atoms with van der Waals surface area (Å²) in [6, 6.07) is 16.9. The molecule has 0 aliphatic carbocycles. The minimum Gasteiger partial charge on any atom is -0.495 e. The van der Waals surface area contributed by atoms with Gasteiger partial charge in [0, 0.05) is 24.4 Å². The first-order chi connectivity index (χ1) is 19.7. The smallest absolute Gasteiger partial charge is 0.335 e. The van der Waals surface area contributed by atoms with E-state index in [4.69, 9.17) is 21.4 Å². The number of furan rings is 1. The quantitative estimate of drug-likeness (QED) is 0.214. The van der Waals surface area contributed by atoms with Gasteiger partial charge in [0.1, 0.15) is 23.3 Å². The number of hydrogen-bond acceptors (Lipinski definition) is 7. The number of aromatic carboxylic acids is 2. The summed E-state index contributed by atoms with van der Waals surface area (Å²) in [6.07, 6.45) is 1.67. The number of rotatable bonds is 8. The Morgan fingerprint density at radius 2 is 1.76 bits per heavy atom. The van der Waals surface area contributed by atoms with Gasteiger partial charge in [-0.3, -0.25) is 9.78 Å². The molecule has 1 amide bonds. The number of aromatic nitrogens is 1. The molecule has 1 fully saturated rings. The first-order valence-electron chi connectivity index (χ1n) is 12.3. The zero-order valence-electron chi connectivity index (χ0n) is 21.8. The number of carbonyl (C=O) groups is 3. The highest BCUT2D eigenvalue weighted by Crippen LogP contribution is 2.44. The van der Waals surface area contributed by atoms with Crippen LogP contribution < -0.4 is 20.3 Å². The standard InChI is InChI=1S/C29H24N4O7S/c1-15(34)31-21-14-19(6-7-23(21)39-2)33-26(25(32-29(33)41)20-5-3-4-10-30-20)24-9-8-22(40-24)16-11-17(27(35)36)13-18(12-16)28(37)38/h3-14,25-26H,1-2H3,(H,31,34)(H,32,41)(H,35,36)(H,37,38)/t25-,26-/m0/s1. The number of nitrogens with zero attached hydrogens (tertiary/aromatic N) is 2. The van der Waals surface area contributed by atoms with Gasteiger partial charge in [0.25, 0.3) is 0 Å². The van der Waals surface area contributed by atoms with E-state index in [0.29, 0.717) is 39.3 Å². The second-order valence-electron chi connectivity index (χ2n) is 9.17. The van der Waals surface area contributed by atoms with Crippen molar-refractivity contribution in [3.8, 4) is 17.1 Å². The van der Waals surface area contributed by atoms with Crippen molar-refractivity contribution >= 4 is 46.6 Å². The molecule has 2 aromatic heterocycles. The van der Waals surface area contributed by atoms with E-state index in [-0.39, 0.29) is 22.8 Å². The highest BCUT2D eigenvalue weighted by atomic mass is 32.1. The molecule has 41 heavy (non-hydrogen) atoms. The number of carboxylic acid groups (broad SMARTS) is 2. The van der Waals surface area contributed by atoms with Gasteiger partial charge < -0.3 is 34.9 Å². The summed E-state index contributed by atoms with van der Waals surface area (Å²) in [7, 11) is 1.50. The van der Waals surface area contributed by atoms with Gasteiger partial charge in [-0.05, 0) is 72.9 Å². The lowest BCUT2D eigenvalue weighted by atomic mass is 10.0. The van der Waals surface area contributed by atoms with E-state index < -0.39 is 24.0 Å². The Bertz CT molecular complexity index is 1640. The molecule has 208 valence electrons. The minimum absolute atomic E-state index is 0.182. The van der Waals surface area contributed by atoms with E-state index in [1.165, 1.54) is 26.2 Å². The van der Waals surface area contributed by atoms with E-state index in [2.05, 4.69) is 15.6 Å². The summed E-state index contributed by atoms with van der Waals surface area (Å²) in [5, 5.41) is 25.5. The Labute approximate surface area is 239 Å². The molecule has 5 rings (SSSR count). The molecule has 0 unspecified atom stereocenters. The number of amides is 1. The van der Waals surface area contributed by atoms with Crippen LogP contribution in [0.3, 0.4) is 0 Å². The van der Waals surface area contributed by atoms with Crippen LogP contribution in [0.4, 0.5) is 11.4 Å². The largest absolute Gasteiger partial charge is 0.495 e. The van der Waals surface area contributed by atoms with Crippen LogP contribution in [0.1, 0.15) is 51.2 Å². The van der Waals surface area contributed by atoms with Crippen molar-refractivity contribution in [2.45, 2.75) is 19.0 Å². The topological polar surface area (TPSA) is 154 Å². The Balaban J connectivity index is 1.62. The molecule has 4 N–H and O–H groups in total. The predicted octanol–water partition coefficient (Wildman–Crippen LogP) is 4.88. The van der Waals surface area contributed by atoms with Crippen molar-refractivity contribution in [3.05, 3.63) is 95.5 Å². The number of carboxylic acids is 2. The molecule has 0 saturated carbocycles. The SMILES string of the molecule is COc1ccc(N2C(=S)N[C@@H](c3ccccn3)[C@@H]2c2ccc(-c3cc(C(=O)O)cc(C(=O)O)c3)o2)cc1NC(C)=O. The van der Waals surface area contributed by atoms with Crippen molar-refractivity contribution < 1.29 is 33.8 Å². The molecule has 1 aliphatic heterocycles. The van der Waals surface area contributed by atoms with E-state index in [1.807, 2.05) is 17.0 Å². The van der Waals surface area contributed by atoms with Crippen molar-refractivity contribution in [2.24, 2.45) is 0 Å². The summed E-state index contributed by atoms with van der Waals surface area (Å²) < 4.78 is 11.7. The average Bonchev–Trinajstić information content (AvgIpc) is 3.57. The number of thiocarbonyl (C=S) groups is 1. The number of hydrogen-bond donors (Lipinski definition) is 4. The molecule has 12 heteroatoms. The minimum atomic E-state index is -1.26. The molecule has 2 aromatic carbocycles. The lowest BCUT2D eigenvalue weighted by Gasteiger charge is -2.27. The van der Waals surface area contributed by atoms with Crippen LogP contribution in [0.5, 0.6) is 5.75 Å². The second kappa shape index (κ2) is 11.1. The number of methoxy groups -OCH3 is 1. The summed E-state index contributed by atoms with van der Waals surface area (Å²) in [5.74, 6) is -1.60. The number of ether oxygens (including phenoxy) is 1. The van der Waals surface area contributed by atoms with Gasteiger partial charge >= 0.3 is 11.9 Å². The van der Waals surface area contributed by atoms with Gasteiger partial charge in [0.15, 0.2) is 5.11 Å². The van der Waals surface area contributed by atoms with E-state index in [1.54, 1.807) is 42.6 Å². The number of benzene rings is 2. The molecule has 0 spiro atoms. The molecular formula is C29H24N4O7S.